The highest BCUT2D eigenvalue weighted by atomic mass is 15.0. The smallest absolute Gasteiger partial charge is 0.0622 e. The fourth-order valence-electron chi connectivity index (χ4n) is 5.96. The number of nitrogens with zero attached hydrogens (tertiary/aromatic N) is 1. The van der Waals surface area contributed by atoms with Crippen molar-refractivity contribution in [2.24, 2.45) is 0 Å². The van der Waals surface area contributed by atoms with Crippen molar-refractivity contribution in [2.45, 2.75) is 12.3 Å². The molecule has 0 radical (unpaired) electrons. The molecule has 6 aromatic rings. The molecule has 0 bridgehead atoms. The van der Waals surface area contributed by atoms with E-state index >= 15 is 0 Å². The van der Waals surface area contributed by atoms with Gasteiger partial charge in [0.15, 0.2) is 0 Å². The zero-order chi connectivity index (χ0) is 22.0. The number of fused-ring (bicyclic) bond motifs is 7. The summed E-state index contributed by atoms with van der Waals surface area (Å²) >= 11 is 0. The quantitative estimate of drug-likeness (QED) is 0.266. The van der Waals surface area contributed by atoms with Crippen LogP contribution in [0.2, 0.25) is 0 Å². The molecule has 1 nitrogen and oxygen atoms in total. The van der Waals surface area contributed by atoms with Crippen LogP contribution in [0.25, 0.3) is 38.6 Å². The average molecular weight is 422 g/mol. The second-order valence-corrected chi connectivity index (χ2v) is 9.11. The Bertz CT molecular complexity index is 1660. The Morgan fingerprint density at radius 1 is 0.545 bits per heavy atom. The van der Waals surface area contributed by atoms with E-state index in [2.05, 4.69) is 133 Å². The van der Waals surface area contributed by atoms with Gasteiger partial charge in [0.25, 0.3) is 0 Å². The second kappa shape index (κ2) is 6.70. The molecule has 1 heteroatoms. The molecule has 1 unspecified atom stereocenters. The number of rotatable bonds is 2. The Kier molecular flexibility index (Phi) is 3.75. The van der Waals surface area contributed by atoms with Crippen LogP contribution in [0.1, 0.15) is 23.6 Å². The number of para-hydroxylation sites is 2. The highest BCUT2D eigenvalue weighted by Crippen LogP contribution is 2.55. The third-order valence-corrected chi connectivity index (χ3v) is 7.48. The third kappa shape index (κ3) is 2.37. The van der Waals surface area contributed by atoms with Crippen LogP contribution < -0.4 is 0 Å². The van der Waals surface area contributed by atoms with E-state index in [-0.39, 0.29) is 5.41 Å². The molecular weight excluding hydrogens is 398 g/mol. The van der Waals surface area contributed by atoms with E-state index in [0.29, 0.717) is 0 Å². The lowest BCUT2D eigenvalue weighted by Crippen LogP contribution is -2.22. The highest BCUT2D eigenvalue weighted by Gasteiger charge is 2.42. The zero-order valence-electron chi connectivity index (χ0n) is 18.5. The van der Waals surface area contributed by atoms with Crippen LogP contribution in [0.3, 0.4) is 0 Å². The van der Waals surface area contributed by atoms with Gasteiger partial charge in [-0.05, 0) is 47.4 Å². The van der Waals surface area contributed by atoms with Crippen molar-refractivity contribution in [3.05, 3.63) is 138 Å². The molecule has 1 atom stereocenters. The first-order chi connectivity index (χ1) is 16.3. The Balaban J connectivity index is 1.70. The van der Waals surface area contributed by atoms with Gasteiger partial charge in [0, 0.05) is 27.4 Å². The van der Waals surface area contributed by atoms with Gasteiger partial charge in [-0.2, -0.15) is 0 Å². The lowest BCUT2D eigenvalue weighted by Gasteiger charge is -2.28. The van der Waals surface area contributed by atoms with Crippen molar-refractivity contribution in [3.8, 4) is 16.8 Å². The van der Waals surface area contributed by atoms with Crippen molar-refractivity contribution < 1.29 is 0 Å². The first-order valence-electron chi connectivity index (χ1n) is 11.6. The van der Waals surface area contributed by atoms with E-state index in [1.54, 1.807) is 0 Å². The lowest BCUT2D eigenvalue weighted by atomic mass is 9.74. The summed E-state index contributed by atoms with van der Waals surface area (Å²) in [5.41, 5.74) is 10.3. The van der Waals surface area contributed by atoms with Gasteiger partial charge in [0.2, 0.25) is 0 Å². The minimum Gasteiger partial charge on any atom is -0.309 e. The molecule has 0 saturated carbocycles. The summed E-state index contributed by atoms with van der Waals surface area (Å²) in [6, 6.07) is 44.1. The summed E-state index contributed by atoms with van der Waals surface area (Å²) in [5, 5.41) is 2.60. The van der Waals surface area contributed by atoms with E-state index < -0.39 is 0 Å². The number of benzene rings is 5. The number of hydrogen-bond donors (Lipinski definition) is 0. The molecule has 33 heavy (non-hydrogen) atoms. The predicted molar refractivity (Wildman–Crippen MR) is 138 cm³/mol. The standard InChI is InChI=1S/C32H23N/c1-32(22-12-4-2-5-13-22)27-18-10-8-17-26(27)30-28(32)21-20-25-24-16-9-11-19-29(24)33(31(25)30)23-14-6-3-7-15-23/h2-21H,1H3. The summed E-state index contributed by atoms with van der Waals surface area (Å²) in [5.74, 6) is 0. The molecule has 5 aromatic carbocycles. The van der Waals surface area contributed by atoms with Gasteiger partial charge in [0.1, 0.15) is 0 Å². The van der Waals surface area contributed by atoms with Crippen LogP contribution >= 0.6 is 0 Å². The lowest BCUT2D eigenvalue weighted by molar-refractivity contribution is 0.714. The van der Waals surface area contributed by atoms with Gasteiger partial charge in [-0.25, -0.2) is 0 Å². The molecule has 0 spiro atoms. The summed E-state index contributed by atoms with van der Waals surface area (Å²) in [6.45, 7) is 2.38. The van der Waals surface area contributed by atoms with Crippen molar-refractivity contribution in [2.75, 3.05) is 0 Å². The zero-order valence-corrected chi connectivity index (χ0v) is 18.5. The van der Waals surface area contributed by atoms with Crippen LogP contribution in [0.5, 0.6) is 0 Å². The molecule has 1 aliphatic rings. The van der Waals surface area contributed by atoms with Gasteiger partial charge in [0.05, 0.1) is 11.0 Å². The van der Waals surface area contributed by atoms with E-state index in [9.17, 15) is 0 Å². The first kappa shape index (κ1) is 18.5. The second-order valence-electron chi connectivity index (χ2n) is 9.11. The van der Waals surface area contributed by atoms with Gasteiger partial charge < -0.3 is 4.57 Å². The highest BCUT2D eigenvalue weighted by molar-refractivity contribution is 6.15. The molecule has 0 saturated heterocycles. The SMILES string of the molecule is CC1(c2ccccc2)c2ccccc2-c2c1ccc1c3ccccc3n(-c3ccccc3)c21. The monoisotopic (exact) mass is 421 g/mol. The molecular formula is C32H23N. The molecule has 1 aliphatic carbocycles. The van der Waals surface area contributed by atoms with E-state index in [1.807, 2.05) is 0 Å². The van der Waals surface area contributed by atoms with Crippen molar-refractivity contribution >= 4 is 21.8 Å². The summed E-state index contributed by atoms with van der Waals surface area (Å²) in [4.78, 5) is 0. The Morgan fingerprint density at radius 3 is 2.03 bits per heavy atom. The van der Waals surface area contributed by atoms with Crippen molar-refractivity contribution in [1.29, 1.82) is 0 Å². The fraction of sp³-hybridized carbons (Fsp3) is 0.0625. The first-order valence-corrected chi connectivity index (χ1v) is 11.6. The van der Waals surface area contributed by atoms with Gasteiger partial charge in [-0.3, -0.25) is 0 Å². The Labute approximate surface area is 193 Å². The molecule has 7 rings (SSSR count). The van der Waals surface area contributed by atoms with Crippen molar-refractivity contribution in [1.82, 2.24) is 4.57 Å². The Hall–Kier alpha value is -4.10. The molecule has 0 amide bonds. The molecule has 1 heterocycles. The molecule has 156 valence electrons. The summed E-state index contributed by atoms with van der Waals surface area (Å²) in [7, 11) is 0. The topological polar surface area (TPSA) is 4.93 Å². The minimum atomic E-state index is -0.195. The number of hydrogen-bond acceptors (Lipinski definition) is 0. The molecule has 0 fully saturated rings. The van der Waals surface area contributed by atoms with Gasteiger partial charge >= 0.3 is 0 Å². The van der Waals surface area contributed by atoms with E-state index in [0.717, 1.165) is 0 Å². The minimum absolute atomic E-state index is 0.195. The largest absolute Gasteiger partial charge is 0.309 e. The molecule has 0 N–H and O–H groups in total. The van der Waals surface area contributed by atoms with E-state index in [4.69, 9.17) is 0 Å². The average Bonchev–Trinajstić information content (AvgIpc) is 3.36. The van der Waals surface area contributed by atoms with Gasteiger partial charge in [-0.1, -0.05) is 103 Å². The van der Waals surface area contributed by atoms with Crippen molar-refractivity contribution in [3.63, 3.8) is 0 Å². The Morgan fingerprint density at radius 2 is 1.21 bits per heavy atom. The molecule has 0 aliphatic heterocycles. The van der Waals surface area contributed by atoms with E-state index in [1.165, 1.54) is 55.3 Å². The summed E-state index contributed by atoms with van der Waals surface area (Å²) in [6.07, 6.45) is 0. The van der Waals surface area contributed by atoms with Crippen LogP contribution in [0.4, 0.5) is 0 Å². The normalized spacial score (nSPS) is 16.8. The van der Waals surface area contributed by atoms with Crippen LogP contribution in [0, 0.1) is 0 Å². The third-order valence-electron chi connectivity index (χ3n) is 7.48. The predicted octanol–water partition coefficient (Wildman–Crippen LogP) is 8.12. The maximum absolute atomic E-state index is 2.46. The maximum atomic E-state index is 2.46. The molecule has 1 aromatic heterocycles. The van der Waals surface area contributed by atoms with Crippen LogP contribution in [-0.2, 0) is 5.41 Å². The van der Waals surface area contributed by atoms with Gasteiger partial charge in [-0.15, -0.1) is 0 Å². The number of aromatic nitrogens is 1. The fourth-order valence-corrected chi connectivity index (χ4v) is 5.96. The van der Waals surface area contributed by atoms with Crippen LogP contribution in [0.15, 0.2) is 121 Å². The maximum Gasteiger partial charge on any atom is 0.0622 e. The summed E-state index contributed by atoms with van der Waals surface area (Å²) < 4.78 is 2.46. The van der Waals surface area contributed by atoms with Crippen LogP contribution in [-0.4, -0.2) is 4.57 Å².